The van der Waals surface area contributed by atoms with E-state index in [1.54, 1.807) is 13.3 Å². The SMILES string of the molecule is COc1ncc(Cl)c(NCC2CCN(C3CC3)C2)n1. The Kier molecular flexibility index (Phi) is 3.75. The number of methoxy groups -OCH3 is 1. The molecule has 1 aliphatic heterocycles. The predicted molar refractivity (Wildman–Crippen MR) is 74.8 cm³/mol. The summed E-state index contributed by atoms with van der Waals surface area (Å²) in [5.74, 6) is 1.34. The first kappa shape index (κ1) is 12.9. The lowest BCUT2D eigenvalue weighted by Gasteiger charge is -2.15. The van der Waals surface area contributed by atoms with Crippen LogP contribution in [0, 0.1) is 5.92 Å². The van der Waals surface area contributed by atoms with Crippen molar-refractivity contribution in [2.24, 2.45) is 5.92 Å². The van der Waals surface area contributed by atoms with Gasteiger partial charge in [-0.05, 0) is 31.7 Å². The molecule has 1 aromatic heterocycles. The van der Waals surface area contributed by atoms with E-state index in [0.29, 0.717) is 22.8 Å². The van der Waals surface area contributed by atoms with Crippen molar-refractivity contribution in [3.8, 4) is 6.01 Å². The largest absolute Gasteiger partial charge is 0.467 e. The van der Waals surface area contributed by atoms with Gasteiger partial charge >= 0.3 is 6.01 Å². The van der Waals surface area contributed by atoms with Crippen molar-refractivity contribution < 1.29 is 4.74 Å². The third-order valence-corrected chi connectivity index (χ3v) is 4.12. The zero-order valence-electron chi connectivity index (χ0n) is 11.1. The van der Waals surface area contributed by atoms with Gasteiger partial charge in [-0.15, -0.1) is 0 Å². The molecule has 19 heavy (non-hydrogen) atoms. The summed E-state index contributed by atoms with van der Waals surface area (Å²) in [6.07, 6.45) is 5.59. The summed E-state index contributed by atoms with van der Waals surface area (Å²) in [7, 11) is 1.55. The number of hydrogen-bond donors (Lipinski definition) is 1. The molecule has 2 fully saturated rings. The summed E-state index contributed by atoms with van der Waals surface area (Å²) >= 11 is 6.07. The number of ether oxygens (including phenoxy) is 1. The summed E-state index contributed by atoms with van der Waals surface area (Å²) in [5, 5.41) is 3.86. The zero-order chi connectivity index (χ0) is 13.2. The van der Waals surface area contributed by atoms with E-state index in [0.717, 1.165) is 12.6 Å². The highest BCUT2D eigenvalue weighted by Gasteiger charge is 2.34. The van der Waals surface area contributed by atoms with Crippen LogP contribution in [0.25, 0.3) is 0 Å². The van der Waals surface area contributed by atoms with Crippen LogP contribution in [0.3, 0.4) is 0 Å². The first-order valence-corrected chi connectivity index (χ1v) is 7.18. The maximum atomic E-state index is 6.07. The first-order chi connectivity index (χ1) is 9.26. The van der Waals surface area contributed by atoms with E-state index in [2.05, 4.69) is 20.2 Å². The molecule has 1 aromatic rings. The first-order valence-electron chi connectivity index (χ1n) is 6.80. The minimum Gasteiger partial charge on any atom is -0.467 e. The highest BCUT2D eigenvalue weighted by molar-refractivity contribution is 6.32. The minimum atomic E-state index is 0.345. The van der Waals surface area contributed by atoms with Crippen molar-refractivity contribution in [2.45, 2.75) is 25.3 Å². The Morgan fingerprint density at radius 2 is 2.32 bits per heavy atom. The number of hydrogen-bond acceptors (Lipinski definition) is 5. The van der Waals surface area contributed by atoms with Crippen molar-refractivity contribution >= 4 is 17.4 Å². The monoisotopic (exact) mass is 282 g/mol. The highest BCUT2D eigenvalue weighted by atomic mass is 35.5. The van der Waals surface area contributed by atoms with Crippen molar-refractivity contribution in [3.05, 3.63) is 11.2 Å². The number of likely N-dealkylation sites (tertiary alicyclic amines) is 1. The van der Waals surface area contributed by atoms with E-state index in [9.17, 15) is 0 Å². The second-order valence-corrected chi connectivity index (χ2v) is 5.72. The van der Waals surface area contributed by atoms with Crippen LogP contribution in [0.4, 0.5) is 5.82 Å². The summed E-state index contributed by atoms with van der Waals surface area (Å²) in [4.78, 5) is 10.8. The third kappa shape index (κ3) is 3.09. The second kappa shape index (κ2) is 5.51. The second-order valence-electron chi connectivity index (χ2n) is 5.31. The van der Waals surface area contributed by atoms with E-state index in [1.165, 1.54) is 32.4 Å². The average molecular weight is 283 g/mol. The molecule has 1 atom stereocenters. The van der Waals surface area contributed by atoms with Crippen LogP contribution in [0.5, 0.6) is 6.01 Å². The molecule has 0 aromatic carbocycles. The number of nitrogens with zero attached hydrogens (tertiary/aromatic N) is 3. The molecule has 0 amide bonds. The summed E-state index contributed by atoms with van der Waals surface area (Å²) in [6, 6.07) is 1.21. The van der Waals surface area contributed by atoms with Gasteiger partial charge in [-0.1, -0.05) is 11.6 Å². The Balaban J connectivity index is 1.54. The number of halogens is 1. The molecule has 6 heteroatoms. The number of rotatable bonds is 5. The van der Waals surface area contributed by atoms with Crippen molar-refractivity contribution in [3.63, 3.8) is 0 Å². The molecule has 2 heterocycles. The average Bonchev–Trinajstić information content (AvgIpc) is 3.17. The van der Waals surface area contributed by atoms with Gasteiger partial charge in [0.15, 0.2) is 5.82 Å². The Morgan fingerprint density at radius 1 is 1.47 bits per heavy atom. The smallest absolute Gasteiger partial charge is 0.318 e. The van der Waals surface area contributed by atoms with Crippen molar-refractivity contribution in [1.82, 2.24) is 14.9 Å². The maximum absolute atomic E-state index is 6.07. The minimum absolute atomic E-state index is 0.345. The molecule has 1 N–H and O–H groups in total. The molecule has 0 spiro atoms. The van der Waals surface area contributed by atoms with Crippen LogP contribution in [-0.2, 0) is 0 Å². The van der Waals surface area contributed by atoms with Crippen LogP contribution < -0.4 is 10.1 Å². The molecule has 104 valence electrons. The lowest BCUT2D eigenvalue weighted by molar-refractivity contribution is 0.316. The standard InChI is InChI=1S/C13H19ClN4O/c1-19-13-16-7-11(14)12(17-13)15-6-9-4-5-18(8-9)10-2-3-10/h7,9-10H,2-6,8H2,1H3,(H,15,16,17). The Morgan fingerprint density at radius 3 is 3.05 bits per heavy atom. The maximum Gasteiger partial charge on any atom is 0.318 e. The number of anilines is 1. The Bertz CT molecular complexity index is 452. The number of nitrogens with one attached hydrogen (secondary N) is 1. The van der Waals surface area contributed by atoms with Gasteiger partial charge in [0.1, 0.15) is 5.02 Å². The van der Waals surface area contributed by atoms with Crippen LogP contribution in [0.1, 0.15) is 19.3 Å². The van der Waals surface area contributed by atoms with Gasteiger partial charge in [-0.25, -0.2) is 4.98 Å². The van der Waals surface area contributed by atoms with E-state index >= 15 is 0 Å². The lowest BCUT2D eigenvalue weighted by atomic mass is 10.1. The fourth-order valence-electron chi connectivity index (χ4n) is 2.61. The normalized spacial score (nSPS) is 23.6. The molecule has 1 unspecified atom stereocenters. The highest BCUT2D eigenvalue weighted by Crippen LogP contribution is 2.32. The van der Waals surface area contributed by atoms with Gasteiger partial charge in [0.05, 0.1) is 13.3 Å². The lowest BCUT2D eigenvalue weighted by Crippen LogP contribution is -2.25. The molecule has 1 saturated carbocycles. The Hall–Kier alpha value is -1.07. The Labute approximate surface area is 118 Å². The van der Waals surface area contributed by atoms with Gasteiger partial charge in [-0.3, -0.25) is 0 Å². The van der Waals surface area contributed by atoms with E-state index in [-0.39, 0.29) is 0 Å². The molecular weight excluding hydrogens is 264 g/mol. The van der Waals surface area contributed by atoms with E-state index in [1.807, 2.05) is 0 Å². The molecule has 0 radical (unpaired) electrons. The molecule has 3 rings (SSSR count). The van der Waals surface area contributed by atoms with Crippen LogP contribution >= 0.6 is 11.6 Å². The molecule has 1 saturated heterocycles. The fourth-order valence-corrected chi connectivity index (χ4v) is 2.77. The van der Waals surface area contributed by atoms with Gasteiger partial charge < -0.3 is 15.0 Å². The third-order valence-electron chi connectivity index (χ3n) is 3.84. The molecule has 0 bridgehead atoms. The van der Waals surface area contributed by atoms with Crippen molar-refractivity contribution in [2.75, 3.05) is 32.1 Å². The van der Waals surface area contributed by atoms with Gasteiger partial charge in [0.25, 0.3) is 0 Å². The topological polar surface area (TPSA) is 50.3 Å². The fraction of sp³-hybridized carbons (Fsp3) is 0.692. The van der Waals surface area contributed by atoms with Crippen LogP contribution in [-0.4, -0.2) is 47.7 Å². The summed E-state index contributed by atoms with van der Waals surface area (Å²) in [6.45, 7) is 3.33. The molecule has 5 nitrogen and oxygen atoms in total. The van der Waals surface area contributed by atoms with Gasteiger partial charge in [0.2, 0.25) is 0 Å². The molecule has 1 aliphatic carbocycles. The zero-order valence-corrected chi connectivity index (χ0v) is 11.9. The predicted octanol–water partition coefficient (Wildman–Crippen LogP) is 2.03. The van der Waals surface area contributed by atoms with E-state index < -0.39 is 0 Å². The van der Waals surface area contributed by atoms with Crippen LogP contribution in [0.2, 0.25) is 5.02 Å². The van der Waals surface area contributed by atoms with E-state index in [4.69, 9.17) is 16.3 Å². The summed E-state index contributed by atoms with van der Waals surface area (Å²) < 4.78 is 5.01. The van der Waals surface area contributed by atoms with Gasteiger partial charge in [-0.2, -0.15) is 4.98 Å². The molecular formula is C13H19ClN4O. The number of aromatic nitrogens is 2. The van der Waals surface area contributed by atoms with Gasteiger partial charge in [0, 0.05) is 19.1 Å². The quantitative estimate of drug-likeness (QED) is 0.896. The summed E-state index contributed by atoms with van der Waals surface area (Å²) in [5.41, 5.74) is 0. The van der Waals surface area contributed by atoms with Crippen LogP contribution in [0.15, 0.2) is 6.20 Å². The van der Waals surface area contributed by atoms with Crippen molar-refractivity contribution in [1.29, 1.82) is 0 Å². The molecule has 2 aliphatic rings.